The van der Waals surface area contributed by atoms with Gasteiger partial charge in [0.05, 0.1) is 25.9 Å². The molecular weight excluding hydrogens is 280 g/mol. The third-order valence-electron chi connectivity index (χ3n) is 3.75. The van der Waals surface area contributed by atoms with Crippen LogP contribution < -0.4 is 10.5 Å². The molecule has 0 bridgehead atoms. The number of fused-ring (bicyclic) bond motifs is 1. The Morgan fingerprint density at radius 3 is 2.77 bits per heavy atom. The Bertz CT molecular complexity index is 685. The van der Waals surface area contributed by atoms with Gasteiger partial charge < -0.3 is 15.4 Å². The van der Waals surface area contributed by atoms with Crippen molar-refractivity contribution in [1.82, 2.24) is 14.9 Å². The number of aromatic nitrogens is 2. The average molecular weight is 298 g/mol. The molecule has 22 heavy (non-hydrogen) atoms. The highest BCUT2D eigenvalue weighted by molar-refractivity contribution is 5.78. The first-order valence-corrected chi connectivity index (χ1v) is 7.14. The van der Waals surface area contributed by atoms with E-state index in [-0.39, 0.29) is 12.5 Å². The average Bonchev–Trinajstić information content (AvgIpc) is 2.98. The Hall–Kier alpha value is -2.47. The molecule has 0 saturated carbocycles. The van der Waals surface area contributed by atoms with Crippen molar-refractivity contribution < 1.29 is 9.53 Å². The smallest absolute Gasteiger partial charge is 0.236 e. The molecule has 2 heterocycles. The summed E-state index contributed by atoms with van der Waals surface area (Å²) >= 11 is 0. The maximum absolute atomic E-state index is 11.7. The lowest BCUT2D eigenvalue weighted by atomic mass is 10.1. The Morgan fingerprint density at radius 1 is 1.32 bits per heavy atom. The van der Waals surface area contributed by atoms with Crippen LogP contribution in [-0.4, -0.2) is 34.4 Å². The van der Waals surface area contributed by atoms with Crippen molar-refractivity contribution in [2.75, 3.05) is 13.7 Å². The highest BCUT2D eigenvalue weighted by Gasteiger charge is 2.24. The van der Waals surface area contributed by atoms with Crippen molar-refractivity contribution in [1.29, 1.82) is 0 Å². The second-order valence-electron chi connectivity index (χ2n) is 5.24. The zero-order valence-corrected chi connectivity index (χ0v) is 12.5. The quantitative estimate of drug-likeness (QED) is 0.906. The number of hydrogen-bond acceptors (Lipinski definition) is 5. The third-order valence-corrected chi connectivity index (χ3v) is 3.75. The number of methoxy groups -OCH3 is 1. The standard InChI is InChI=1S/C16H18N4O2/c1-22-13-4-2-11(3-5-13)6-15-18-8-12-9-20(16(21)7-17)10-14(12)19-15/h2-5,8H,6-7,9-10,17H2,1H3. The Balaban J connectivity index is 1.73. The summed E-state index contributed by atoms with van der Waals surface area (Å²) in [6.45, 7) is 1.10. The second-order valence-corrected chi connectivity index (χ2v) is 5.24. The topological polar surface area (TPSA) is 81.3 Å². The molecule has 114 valence electrons. The van der Waals surface area contributed by atoms with Gasteiger partial charge in [0.25, 0.3) is 0 Å². The van der Waals surface area contributed by atoms with Crippen molar-refractivity contribution >= 4 is 5.91 Å². The fourth-order valence-electron chi connectivity index (χ4n) is 2.51. The molecule has 1 aliphatic heterocycles. The monoisotopic (exact) mass is 298 g/mol. The molecule has 2 N–H and O–H groups in total. The number of nitrogens with zero attached hydrogens (tertiary/aromatic N) is 3. The summed E-state index contributed by atoms with van der Waals surface area (Å²) in [6, 6.07) is 7.84. The number of ether oxygens (including phenoxy) is 1. The molecule has 0 atom stereocenters. The molecule has 0 aliphatic carbocycles. The van der Waals surface area contributed by atoms with Gasteiger partial charge in [-0.15, -0.1) is 0 Å². The molecule has 1 aromatic carbocycles. The Kier molecular flexibility index (Phi) is 4.02. The van der Waals surface area contributed by atoms with Crippen LogP contribution >= 0.6 is 0 Å². The van der Waals surface area contributed by atoms with Crippen LogP contribution in [0.25, 0.3) is 0 Å². The molecular formula is C16H18N4O2. The van der Waals surface area contributed by atoms with Gasteiger partial charge in [-0.3, -0.25) is 4.79 Å². The molecule has 0 unspecified atom stereocenters. The summed E-state index contributed by atoms with van der Waals surface area (Å²) in [6.07, 6.45) is 2.47. The van der Waals surface area contributed by atoms with Crippen LogP contribution in [0.2, 0.25) is 0 Å². The van der Waals surface area contributed by atoms with Crippen LogP contribution in [0.15, 0.2) is 30.5 Å². The van der Waals surface area contributed by atoms with E-state index in [1.807, 2.05) is 30.5 Å². The summed E-state index contributed by atoms with van der Waals surface area (Å²) in [4.78, 5) is 22.3. The van der Waals surface area contributed by atoms with E-state index in [2.05, 4.69) is 9.97 Å². The first-order valence-electron chi connectivity index (χ1n) is 7.14. The first-order chi connectivity index (χ1) is 10.7. The van der Waals surface area contributed by atoms with Gasteiger partial charge in [0.2, 0.25) is 5.91 Å². The molecule has 3 rings (SSSR count). The van der Waals surface area contributed by atoms with E-state index in [1.54, 1.807) is 12.0 Å². The molecule has 1 aliphatic rings. The van der Waals surface area contributed by atoms with Gasteiger partial charge in [-0.2, -0.15) is 0 Å². The zero-order valence-electron chi connectivity index (χ0n) is 12.5. The second kappa shape index (κ2) is 6.11. The van der Waals surface area contributed by atoms with Crippen molar-refractivity contribution in [3.8, 4) is 5.75 Å². The van der Waals surface area contributed by atoms with E-state index in [0.717, 1.165) is 28.4 Å². The van der Waals surface area contributed by atoms with Crippen LogP contribution in [0.1, 0.15) is 22.6 Å². The number of carbonyl (C=O) groups excluding carboxylic acids is 1. The summed E-state index contributed by atoms with van der Waals surface area (Å²) in [5.74, 6) is 1.52. The van der Waals surface area contributed by atoms with Gasteiger partial charge in [0, 0.05) is 24.7 Å². The van der Waals surface area contributed by atoms with Crippen molar-refractivity contribution in [3.05, 3.63) is 53.1 Å². The predicted molar refractivity (Wildman–Crippen MR) is 81.1 cm³/mol. The predicted octanol–water partition coefficient (Wildman–Crippen LogP) is 0.877. The fourth-order valence-corrected chi connectivity index (χ4v) is 2.51. The van der Waals surface area contributed by atoms with Crippen LogP contribution in [0.5, 0.6) is 5.75 Å². The molecule has 0 radical (unpaired) electrons. The largest absolute Gasteiger partial charge is 0.497 e. The van der Waals surface area contributed by atoms with Gasteiger partial charge in [-0.1, -0.05) is 12.1 Å². The maximum Gasteiger partial charge on any atom is 0.236 e. The van der Waals surface area contributed by atoms with Gasteiger partial charge in [0.1, 0.15) is 11.6 Å². The maximum atomic E-state index is 11.7. The Morgan fingerprint density at radius 2 is 2.09 bits per heavy atom. The molecule has 2 aromatic rings. The molecule has 0 fully saturated rings. The normalized spacial score (nSPS) is 13.1. The SMILES string of the molecule is COc1ccc(Cc2ncc3c(n2)CN(C(=O)CN)C3)cc1. The number of rotatable bonds is 4. The molecule has 6 heteroatoms. The molecule has 0 spiro atoms. The van der Waals surface area contributed by atoms with Crippen LogP contribution in [-0.2, 0) is 24.3 Å². The van der Waals surface area contributed by atoms with Crippen molar-refractivity contribution in [2.45, 2.75) is 19.5 Å². The van der Waals surface area contributed by atoms with E-state index < -0.39 is 0 Å². The summed E-state index contributed by atoms with van der Waals surface area (Å²) in [5, 5.41) is 0. The van der Waals surface area contributed by atoms with Crippen LogP contribution in [0.3, 0.4) is 0 Å². The summed E-state index contributed by atoms with van der Waals surface area (Å²) in [7, 11) is 1.65. The molecule has 1 amide bonds. The number of nitrogens with two attached hydrogens (primary N) is 1. The van der Waals surface area contributed by atoms with E-state index in [0.29, 0.717) is 19.5 Å². The van der Waals surface area contributed by atoms with Gasteiger partial charge in [-0.25, -0.2) is 9.97 Å². The van der Waals surface area contributed by atoms with E-state index in [1.165, 1.54) is 0 Å². The van der Waals surface area contributed by atoms with E-state index in [4.69, 9.17) is 10.5 Å². The van der Waals surface area contributed by atoms with Gasteiger partial charge >= 0.3 is 0 Å². The fraction of sp³-hybridized carbons (Fsp3) is 0.312. The lowest BCUT2D eigenvalue weighted by Crippen LogP contribution is -2.31. The minimum atomic E-state index is -0.0605. The zero-order chi connectivity index (χ0) is 15.5. The lowest BCUT2D eigenvalue weighted by Gasteiger charge is -2.12. The van der Waals surface area contributed by atoms with Crippen LogP contribution in [0, 0.1) is 0 Å². The number of amides is 1. The van der Waals surface area contributed by atoms with E-state index in [9.17, 15) is 4.79 Å². The minimum absolute atomic E-state index is 0.0279. The van der Waals surface area contributed by atoms with Gasteiger partial charge in [0.15, 0.2) is 0 Å². The lowest BCUT2D eigenvalue weighted by molar-refractivity contribution is -0.130. The third kappa shape index (κ3) is 2.92. The van der Waals surface area contributed by atoms with Crippen molar-refractivity contribution in [3.63, 3.8) is 0 Å². The number of hydrogen-bond donors (Lipinski definition) is 1. The van der Waals surface area contributed by atoms with Crippen molar-refractivity contribution in [2.24, 2.45) is 5.73 Å². The molecule has 0 saturated heterocycles. The first kappa shape index (κ1) is 14.5. The minimum Gasteiger partial charge on any atom is -0.497 e. The number of benzene rings is 1. The van der Waals surface area contributed by atoms with E-state index >= 15 is 0 Å². The molecule has 1 aromatic heterocycles. The summed E-state index contributed by atoms with van der Waals surface area (Å²) in [5.41, 5.74) is 8.44. The highest BCUT2D eigenvalue weighted by atomic mass is 16.5. The summed E-state index contributed by atoms with van der Waals surface area (Å²) < 4.78 is 5.15. The molecule has 6 nitrogen and oxygen atoms in total. The van der Waals surface area contributed by atoms with Gasteiger partial charge in [-0.05, 0) is 17.7 Å². The van der Waals surface area contributed by atoms with Crippen LogP contribution in [0.4, 0.5) is 0 Å². The Labute approximate surface area is 128 Å². The number of carbonyl (C=O) groups is 1. The highest BCUT2D eigenvalue weighted by Crippen LogP contribution is 2.21.